The number of carboxylic acids is 1. The van der Waals surface area contributed by atoms with Gasteiger partial charge in [-0.05, 0) is 139 Å². The standard InChI is InChI=1S/C38H43N3O6.C33H42N5O4/c1-40(2)26-16-19-30-33(23-26)47-34-24-27(41(3)4)17-20-31(34)36(30)32-22-25(15-18-29(32)38(44)45)37(43)39-21-11-10-14-35(42)46-28-12-8-6-5-7-9-13-28;1-37(2)30-15-11-28(12-16-30)33(29-13-17-31(18-14-29)38(3)4)27-9-7-26(8-10-27)32(39)6-5-20-40-22-24-42-25-23-41-21-19-35-36-34/h5-6,15-20,22-24,28H,7-14,21H2,1-4H3,(H-,39,43,44,45);7-18H,5-6,19-25H2,1-4H3/q;+1/b6-5+;. The van der Waals surface area contributed by atoms with Crippen molar-refractivity contribution in [2.45, 2.75) is 70.3 Å². The first-order valence-corrected chi connectivity index (χ1v) is 30.5. The van der Waals surface area contributed by atoms with Crippen molar-refractivity contribution in [1.29, 1.82) is 0 Å². The second kappa shape index (κ2) is 34.6. The van der Waals surface area contributed by atoms with Crippen LogP contribution >= 0.6 is 0 Å². The van der Waals surface area contributed by atoms with Crippen molar-refractivity contribution in [3.63, 3.8) is 0 Å². The third-order valence-corrected chi connectivity index (χ3v) is 15.3. The first-order chi connectivity index (χ1) is 43.0. The Morgan fingerprint density at radius 1 is 0.663 bits per heavy atom. The average molecular weight is 1210 g/mol. The van der Waals surface area contributed by atoms with Crippen LogP contribution in [0.25, 0.3) is 49.4 Å². The molecular formula is C71H85N8O10+. The molecular weight excluding hydrogens is 1120 g/mol. The Hall–Kier alpha value is -8.93. The van der Waals surface area contributed by atoms with Crippen molar-refractivity contribution >= 4 is 57.3 Å². The van der Waals surface area contributed by atoms with Gasteiger partial charge in [-0.1, -0.05) is 59.7 Å². The number of carboxylic acid groups (broad SMARTS) is 1. The highest BCUT2D eigenvalue weighted by Gasteiger charge is 2.23. The molecule has 0 fully saturated rings. The molecule has 0 bridgehead atoms. The number of fused-ring (bicyclic) bond motifs is 2. The molecule has 4 aliphatic rings. The second-order valence-electron chi connectivity index (χ2n) is 22.6. The zero-order chi connectivity index (χ0) is 63.7. The molecule has 0 saturated heterocycles. The Labute approximate surface area is 522 Å². The summed E-state index contributed by atoms with van der Waals surface area (Å²) in [6.07, 6.45) is 20.2. The maximum atomic E-state index is 13.3. The minimum atomic E-state index is -1.34. The molecule has 8 rings (SSSR count). The van der Waals surface area contributed by atoms with Gasteiger partial charge in [0.1, 0.15) is 45.6 Å². The first kappa shape index (κ1) is 67.6. The van der Waals surface area contributed by atoms with E-state index in [1.807, 2.05) is 127 Å². The number of ketones is 1. The van der Waals surface area contributed by atoms with Gasteiger partial charge in [-0.2, -0.15) is 0 Å². The number of nitrogens with one attached hydrogen (secondary N) is 1. The lowest BCUT2D eigenvalue weighted by atomic mass is 9.89. The largest absolute Gasteiger partial charge is 0.545 e. The predicted molar refractivity (Wildman–Crippen MR) is 351 cm³/mol. The Bertz CT molecular complexity index is 3640. The molecule has 0 saturated carbocycles. The molecule has 18 nitrogen and oxygen atoms in total. The van der Waals surface area contributed by atoms with Crippen LogP contribution < -0.4 is 30.2 Å². The van der Waals surface area contributed by atoms with Crippen molar-refractivity contribution < 1.29 is 52.2 Å². The summed E-state index contributed by atoms with van der Waals surface area (Å²) in [5, 5.41) is 20.4. The van der Waals surface area contributed by atoms with Crippen LogP contribution in [0.5, 0.6) is 0 Å². The predicted octanol–water partition coefficient (Wildman–Crippen LogP) is 10.7. The van der Waals surface area contributed by atoms with E-state index < -0.39 is 5.97 Å². The molecule has 4 aromatic rings. The number of esters is 1. The number of amides is 1. The Kier molecular flexibility index (Phi) is 26.2. The van der Waals surface area contributed by atoms with Gasteiger partial charge in [-0.3, -0.25) is 14.4 Å². The molecule has 3 aliphatic carbocycles. The molecule has 0 aromatic heterocycles. The lowest BCUT2D eigenvalue weighted by Crippen LogP contribution is -2.26. The van der Waals surface area contributed by atoms with Gasteiger partial charge in [-0.25, -0.2) is 9.15 Å². The van der Waals surface area contributed by atoms with E-state index in [2.05, 4.69) is 85.5 Å². The fraction of sp³-hybridized carbons (Fsp3) is 0.380. The first-order valence-electron chi connectivity index (χ1n) is 30.5. The van der Waals surface area contributed by atoms with E-state index in [1.165, 1.54) is 12.1 Å². The molecule has 1 amide bonds. The van der Waals surface area contributed by atoms with Gasteiger partial charge in [-0.15, -0.1) is 0 Å². The van der Waals surface area contributed by atoms with E-state index in [0.29, 0.717) is 129 Å². The van der Waals surface area contributed by atoms with E-state index in [0.717, 1.165) is 76.8 Å². The number of ether oxygens (including phenoxy) is 4. The number of carbonyl (C=O) groups is 4. The number of carbonyl (C=O) groups excluding carboxylic acids is 4. The Morgan fingerprint density at radius 2 is 1.30 bits per heavy atom. The van der Waals surface area contributed by atoms with Crippen LogP contribution in [-0.4, -0.2) is 149 Å². The molecule has 4 aromatic carbocycles. The molecule has 18 heteroatoms. The summed E-state index contributed by atoms with van der Waals surface area (Å²) in [6.45, 7) is 3.40. The van der Waals surface area contributed by atoms with Crippen LogP contribution in [0.2, 0.25) is 0 Å². The number of Topliss-reactive ketones (excluding diaryl/α,β-unsaturated/α-hetero) is 1. The lowest BCUT2D eigenvalue weighted by molar-refractivity contribution is -0.462. The number of azide groups is 1. The zero-order valence-electron chi connectivity index (χ0n) is 52.8. The number of aromatic carboxylic acids is 1. The summed E-state index contributed by atoms with van der Waals surface area (Å²) in [5.74, 6) is -1.19. The van der Waals surface area contributed by atoms with E-state index in [1.54, 1.807) is 6.07 Å². The maximum absolute atomic E-state index is 13.3. The van der Waals surface area contributed by atoms with E-state index in [9.17, 15) is 24.3 Å². The molecule has 1 aliphatic heterocycles. The molecule has 1 heterocycles. The smallest absolute Gasteiger partial charge is 0.306 e. The van der Waals surface area contributed by atoms with Gasteiger partial charge in [0.25, 0.3) is 5.91 Å². The fourth-order valence-corrected chi connectivity index (χ4v) is 10.3. The fourth-order valence-electron chi connectivity index (χ4n) is 10.3. The van der Waals surface area contributed by atoms with Crippen LogP contribution in [-0.2, 0) is 23.7 Å². The number of hydrogen-bond acceptors (Lipinski definition) is 13. The molecule has 1 unspecified atom stereocenters. The van der Waals surface area contributed by atoms with Crippen molar-refractivity contribution in [2.75, 3.05) is 119 Å². The number of anilines is 2. The Balaban J connectivity index is 0.000000255. The van der Waals surface area contributed by atoms with Crippen molar-refractivity contribution in [1.82, 2.24) is 9.89 Å². The van der Waals surface area contributed by atoms with E-state index in [-0.39, 0.29) is 29.3 Å². The Morgan fingerprint density at radius 3 is 1.97 bits per heavy atom. The quantitative estimate of drug-likeness (QED) is 0.00587. The van der Waals surface area contributed by atoms with Crippen molar-refractivity contribution in [3.8, 4) is 22.5 Å². The van der Waals surface area contributed by atoms with Crippen LogP contribution in [0.3, 0.4) is 0 Å². The summed E-state index contributed by atoms with van der Waals surface area (Å²) >= 11 is 0. The van der Waals surface area contributed by atoms with Gasteiger partial charge >= 0.3 is 5.97 Å². The van der Waals surface area contributed by atoms with Gasteiger partial charge < -0.3 is 48.4 Å². The average Bonchev–Trinajstić information content (AvgIpc) is 1.20. The molecule has 468 valence electrons. The maximum Gasteiger partial charge on any atom is 0.306 e. The summed E-state index contributed by atoms with van der Waals surface area (Å²) in [5.41, 5.74) is 19.1. The summed E-state index contributed by atoms with van der Waals surface area (Å²) < 4.78 is 32.4. The molecule has 1 atom stereocenters. The number of nitrogens with zero attached hydrogens (tertiary/aromatic N) is 7. The topological polar surface area (TPSA) is 215 Å². The number of hydrogen-bond donors (Lipinski definition) is 1. The number of benzene rings is 5. The molecule has 1 N–H and O–H groups in total. The van der Waals surface area contributed by atoms with Gasteiger partial charge in [0.05, 0.1) is 45.1 Å². The number of allylic oxidation sites excluding steroid dienone is 7. The molecule has 89 heavy (non-hydrogen) atoms. The highest BCUT2D eigenvalue weighted by molar-refractivity contribution is 6.09. The molecule has 0 radical (unpaired) electrons. The third kappa shape index (κ3) is 20.0. The summed E-state index contributed by atoms with van der Waals surface area (Å²) in [6, 6.07) is 32.5. The highest BCUT2D eigenvalue weighted by Crippen LogP contribution is 2.42. The number of rotatable bonds is 27. The van der Waals surface area contributed by atoms with E-state index >= 15 is 0 Å². The van der Waals surface area contributed by atoms with Crippen LogP contribution in [0.1, 0.15) is 106 Å². The van der Waals surface area contributed by atoms with E-state index in [4.69, 9.17) is 28.9 Å². The van der Waals surface area contributed by atoms with Crippen molar-refractivity contribution in [3.05, 3.63) is 189 Å². The van der Waals surface area contributed by atoms with Crippen LogP contribution in [0.15, 0.2) is 155 Å². The monoisotopic (exact) mass is 1210 g/mol. The SMILES string of the molecule is CN(C)c1ccc(C(=C2C=CC(=[N+](C)C)C=C2)c2ccc(C(=O)CCCOCCOCCOCCN=[N+]=[N-])cc2)cc1.CN(C)c1ccc2c(-c3cc(C(=O)NCCCCC(=O)OC4CC/C=C/CCC4)ccc3C(=O)[O-])c3ccc(=[N+](C)C)cc-3oc2c1. The van der Waals surface area contributed by atoms with Gasteiger partial charge in [0, 0.05) is 135 Å². The normalized spacial score (nSPS) is 14.0. The van der Waals surface area contributed by atoms with Crippen molar-refractivity contribution in [2.24, 2.45) is 5.11 Å². The van der Waals surface area contributed by atoms with Gasteiger partial charge in [0.2, 0.25) is 5.36 Å². The van der Waals surface area contributed by atoms with Gasteiger partial charge in [0.15, 0.2) is 11.5 Å². The lowest BCUT2D eigenvalue weighted by Gasteiger charge is -2.20. The summed E-state index contributed by atoms with van der Waals surface area (Å²) in [7, 11) is 15.9. The molecule has 0 spiro atoms. The third-order valence-electron chi connectivity index (χ3n) is 15.3. The van der Waals surface area contributed by atoms with Crippen LogP contribution in [0, 0.1) is 0 Å². The minimum absolute atomic E-state index is 0.0251. The summed E-state index contributed by atoms with van der Waals surface area (Å²) in [4.78, 5) is 57.6. The van der Waals surface area contributed by atoms with Crippen LogP contribution in [0.4, 0.5) is 11.4 Å². The highest BCUT2D eigenvalue weighted by atomic mass is 16.5. The second-order valence-corrected chi connectivity index (χ2v) is 22.6. The minimum Gasteiger partial charge on any atom is -0.545 e. The zero-order valence-corrected chi connectivity index (χ0v) is 52.8. The number of unbranched alkanes of at least 4 members (excludes halogenated alkanes) is 1.